The molecule has 0 fully saturated rings. The van der Waals surface area contributed by atoms with Gasteiger partial charge in [0, 0.05) is 16.5 Å². The molecule has 1 heterocycles. The predicted molar refractivity (Wildman–Crippen MR) is 140 cm³/mol. The summed E-state index contributed by atoms with van der Waals surface area (Å²) >= 11 is 3.41. The first-order chi connectivity index (χ1) is 16.9. The van der Waals surface area contributed by atoms with E-state index in [1.54, 1.807) is 31.3 Å². The number of aromatic nitrogens is 2. The van der Waals surface area contributed by atoms with Gasteiger partial charge in [-0.3, -0.25) is 4.79 Å². The lowest BCUT2D eigenvalue weighted by Gasteiger charge is -2.15. The van der Waals surface area contributed by atoms with Crippen LogP contribution in [-0.4, -0.2) is 42.2 Å². The fraction of sp³-hybridized carbons (Fsp3) is 0.308. The highest BCUT2D eigenvalue weighted by atomic mass is 79.9. The first-order valence-corrected chi connectivity index (χ1v) is 12.1. The van der Waals surface area contributed by atoms with Crippen LogP contribution >= 0.6 is 15.9 Å². The molecule has 0 bridgehead atoms. The lowest BCUT2D eigenvalue weighted by atomic mass is 10.1. The van der Waals surface area contributed by atoms with Gasteiger partial charge in [-0.05, 0) is 55.7 Å². The summed E-state index contributed by atoms with van der Waals surface area (Å²) in [5.41, 5.74) is 1.83. The maximum absolute atomic E-state index is 13.2. The molecule has 0 saturated carbocycles. The van der Waals surface area contributed by atoms with Crippen LogP contribution in [-0.2, 0) is 22.4 Å². The molecule has 1 aromatic heterocycles. The molecule has 0 saturated heterocycles. The number of aryl methyl sites for hydroxylation is 1. The molecule has 35 heavy (non-hydrogen) atoms. The second kappa shape index (κ2) is 12.3. The summed E-state index contributed by atoms with van der Waals surface area (Å²) in [5.74, 6) is 0.967. The average Bonchev–Trinajstić information content (AvgIpc) is 2.84. The Kier molecular flexibility index (Phi) is 9.19. The number of ether oxygens (including phenoxy) is 3. The van der Waals surface area contributed by atoms with E-state index in [9.17, 15) is 9.59 Å². The minimum atomic E-state index is -0.469. The minimum absolute atomic E-state index is 0.240. The summed E-state index contributed by atoms with van der Waals surface area (Å²) in [6.45, 7) is 7.59. The quantitative estimate of drug-likeness (QED) is 0.199. The van der Waals surface area contributed by atoms with Crippen molar-refractivity contribution in [3.63, 3.8) is 0 Å². The molecule has 8 nitrogen and oxygen atoms in total. The van der Waals surface area contributed by atoms with Crippen LogP contribution in [0.15, 0.2) is 57.4 Å². The van der Waals surface area contributed by atoms with Crippen molar-refractivity contribution in [2.75, 3.05) is 20.3 Å². The number of nitrogens with zero attached hydrogens (tertiary/aromatic N) is 3. The van der Waals surface area contributed by atoms with Crippen LogP contribution < -0.4 is 15.0 Å². The van der Waals surface area contributed by atoms with Crippen molar-refractivity contribution in [1.29, 1.82) is 0 Å². The summed E-state index contributed by atoms with van der Waals surface area (Å²) in [5, 5.41) is 4.96. The molecular weight excluding hydrogens is 514 g/mol. The van der Waals surface area contributed by atoms with E-state index in [0.29, 0.717) is 46.6 Å². The van der Waals surface area contributed by atoms with Crippen molar-refractivity contribution < 1.29 is 19.0 Å². The van der Waals surface area contributed by atoms with Gasteiger partial charge in [-0.15, -0.1) is 6.58 Å². The van der Waals surface area contributed by atoms with Gasteiger partial charge in [-0.2, -0.15) is 9.78 Å². The Labute approximate surface area is 212 Å². The lowest BCUT2D eigenvalue weighted by Crippen LogP contribution is -2.22. The standard InChI is InChI=1S/C26H28BrN3O5/c1-5-8-18-12-17(13-22(33-4)25(18)35-16-24(31)34-7-3)15-28-30-23(9-6-2)29-21-11-10-19(27)14-20(21)26(30)32/h5,10-15H,1,6-9,16H2,2-4H3. The van der Waals surface area contributed by atoms with Crippen molar-refractivity contribution in [2.45, 2.75) is 33.1 Å². The second-order valence-corrected chi connectivity index (χ2v) is 8.51. The van der Waals surface area contributed by atoms with E-state index >= 15 is 0 Å². The molecule has 0 spiro atoms. The van der Waals surface area contributed by atoms with E-state index in [4.69, 9.17) is 14.2 Å². The zero-order valence-corrected chi connectivity index (χ0v) is 21.6. The minimum Gasteiger partial charge on any atom is -0.493 e. The molecule has 0 atom stereocenters. The maximum atomic E-state index is 13.2. The Morgan fingerprint density at radius 1 is 1.26 bits per heavy atom. The van der Waals surface area contributed by atoms with Gasteiger partial charge in [0.1, 0.15) is 5.82 Å². The number of methoxy groups -OCH3 is 1. The summed E-state index contributed by atoms with van der Waals surface area (Å²) < 4.78 is 18.3. The van der Waals surface area contributed by atoms with Gasteiger partial charge < -0.3 is 14.2 Å². The van der Waals surface area contributed by atoms with Crippen LogP contribution in [0, 0.1) is 0 Å². The van der Waals surface area contributed by atoms with Crippen LogP contribution in [0.4, 0.5) is 0 Å². The van der Waals surface area contributed by atoms with E-state index in [-0.39, 0.29) is 18.8 Å². The molecule has 184 valence electrons. The van der Waals surface area contributed by atoms with Crippen molar-refractivity contribution >= 4 is 39.0 Å². The van der Waals surface area contributed by atoms with Gasteiger partial charge >= 0.3 is 5.97 Å². The van der Waals surface area contributed by atoms with Crippen molar-refractivity contribution in [2.24, 2.45) is 5.10 Å². The van der Waals surface area contributed by atoms with Crippen molar-refractivity contribution in [1.82, 2.24) is 9.66 Å². The zero-order valence-electron chi connectivity index (χ0n) is 20.0. The molecule has 0 aliphatic rings. The third kappa shape index (κ3) is 6.36. The van der Waals surface area contributed by atoms with E-state index < -0.39 is 5.97 Å². The lowest BCUT2D eigenvalue weighted by molar-refractivity contribution is -0.145. The number of benzene rings is 2. The molecule has 2 aromatic carbocycles. The molecule has 0 aliphatic heterocycles. The van der Waals surface area contributed by atoms with Gasteiger partial charge in [-0.1, -0.05) is 28.9 Å². The number of esters is 1. The van der Waals surface area contributed by atoms with Gasteiger partial charge in [-0.25, -0.2) is 9.78 Å². The molecule has 0 N–H and O–H groups in total. The normalized spacial score (nSPS) is 11.1. The van der Waals surface area contributed by atoms with Gasteiger partial charge in [0.25, 0.3) is 5.56 Å². The number of allylic oxidation sites excluding steroid dienone is 1. The predicted octanol–water partition coefficient (Wildman–Crippen LogP) is 4.67. The van der Waals surface area contributed by atoms with E-state index in [0.717, 1.165) is 16.5 Å². The monoisotopic (exact) mass is 541 g/mol. The average molecular weight is 542 g/mol. The highest BCUT2D eigenvalue weighted by Gasteiger charge is 2.15. The Hall–Kier alpha value is -3.46. The highest BCUT2D eigenvalue weighted by Crippen LogP contribution is 2.33. The molecule has 0 aliphatic carbocycles. The summed E-state index contributed by atoms with van der Waals surface area (Å²) in [6, 6.07) is 9.00. The molecular formula is C26H28BrN3O5. The zero-order chi connectivity index (χ0) is 25.4. The van der Waals surface area contributed by atoms with Crippen LogP contribution in [0.1, 0.15) is 37.2 Å². The molecule has 9 heteroatoms. The van der Waals surface area contributed by atoms with E-state index in [1.807, 2.05) is 25.1 Å². The molecule has 0 radical (unpaired) electrons. The molecule has 3 rings (SSSR count). The van der Waals surface area contributed by atoms with Gasteiger partial charge in [0.15, 0.2) is 18.1 Å². The fourth-order valence-corrected chi connectivity index (χ4v) is 3.90. The first kappa shape index (κ1) is 26.2. The van der Waals surface area contributed by atoms with Crippen LogP contribution in [0.2, 0.25) is 0 Å². The number of hydrogen-bond acceptors (Lipinski definition) is 7. The fourth-order valence-electron chi connectivity index (χ4n) is 3.54. The smallest absolute Gasteiger partial charge is 0.344 e. The van der Waals surface area contributed by atoms with Crippen LogP contribution in [0.25, 0.3) is 10.9 Å². The largest absolute Gasteiger partial charge is 0.493 e. The Bertz CT molecular complexity index is 1320. The number of rotatable bonds is 11. The maximum Gasteiger partial charge on any atom is 0.344 e. The summed E-state index contributed by atoms with van der Waals surface area (Å²) in [7, 11) is 1.51. The van der Waals surface area contributed by atoms with Crippen molar-refractivity contribution in [3.8, 4) is 11.5 Å². The first-order valence-electron chi connectivity index (χ1n) is 11.3. The van der Waals surface area contributed by atoms with Crippen LogP contribution in [0.3, 0.4) is 0 Å². The Morgan fingerprint density at radius 3 is 2.74 bits per heavy atom. The topological polar surface area (TPSA) is 92.0 Å². The van der Waals surface area contributed by atoms with Crippen LogP contribution in [0.5, 0.6) is 11.5 Å². The summed E-state index contributed by atoms with van der Waals surface area (Å²) in [4.78, 5) is 29.7. The number of fused-ring (bicyclic) bond motifs is 1. The molecule has 0 amide bonds. The second-order valence-electron chi connectivity index (χ2n) is 7.60. The molecule has 3 aromatic rings. The Balaban J connectivity index is 2.04. The third-order valence-electron chi connectivity index (χ3n) is 5.05. The SMILES string of the molecule is C=CCc1cc(C=Nn2c(CCC)nc3ccc(Br)cc3c2=O)cc(OC)c1OCC(=O)OCC. The number of carbonyl (C=O) groups excluding carboxylic acids is 1. The molecule has 0 unspecified atom stereocenters. The van der Waals surface area contributed by atoms with E-state index in [2.05, 4.69) is 32.6 Å². The summed E-state index contributed by atoms with van der Waals surface area (Å²) in [6.07, 6.45) is 5.19. The number of halogens is 1. The third-order valence-corrected chi connectivity index (χ3v) is 5.54. The van der Waals surface area contributed by atoms with Crippen molar-refractivity contribution in [3.05, 3.63) is 74.8 Å². The van der Waals surface area contributed by atoms with E-state index in [1.165, 1.54) is 11.8 Å². The van der Waals surface area contributed by atoms with Gasteiger partial charge in [0.2, 0.25) is 0 Å². The van der Waals surface area contributed by atoms with Gasteiger partial charge in [0.05, 0.1) is 30.8 Å². The number of carbonyl (C=O) groups is 1. The highest BCUT2D eigenvalue weighted by molar-refractivity contribution is 9.10. The Morgan fingerprint density at radius 2 is 2.06 bits per heavy atom. The number of hydrogen-bond donors (Lipinski definition) is 0.